The highest BCUT2D eigenvalue weighted by atomic mass is 35.5. The number of benzene rings is 2. The molecule has 0 amide bonds. The fourth-order valence-electron chi connectivity index (χ4n) is 3.30. The van der Waals surface area contributed by atoms with E-state index >= 15 is 0 Å². The second-order valence-corrected chi connectivity index (χ2v) is 6.36. The zero-order valence-corrected chi connectivity index (χ0v) is 13.5. The van der Waals surface area contributed by atoms with Crippen molar-refractivity contribution in [1.29, 1.82) is 0 Å². The van der Waals surface area contributed by atoms with E-state index in [9.17, 15) is 0 Å². The number of halogens is 1. The predicted octanol–water partition coefficient (Wildman–Crippen LogP) is 5.20. The normalized spacial score (nSPS) is 13.7. The molecule has 0 N–H and O–H groups in total. The lowest BCUT2D eigenvalue weighted by atomic mass is 10.1. The van der Waals surface area contributed by atoms with Crippen LogP contribution >= 0.6 is 11.6 Å². The van der Waals surface area contributed by atoms with Gasteiger partial charge in [-0.2, -0.15) is 0 Å². The van der Waals surface area contributed by atoms with E-state index in [2.05, 4.69) is 43.0 Å². The summed E-state index contributed by atoms with van der Waals surface area (Å²) in [6.07, 6.45) is 1.03. The van der Waals surface area contributed by atoms with E-state index in [0.717, 1.165) is 34.6 Å². The monoisotopic (exact) mass is 308 g/mol. The minimum Gasteiger partial charge on any atom is -0.340 e. The Bertz CT molecular complexity index is 869. The number of fused-ring (bicyclic) bond motifs is 3. The van der Waals surface area contributed by atoms with Crippen LogP contribution in [0.1, 0.15) is 16.8 Å². The standard InChI is InChI=1S/C19H17ClN2/c1-12-3-6-15(7-4-12)22-10-9-16-13(2)21-18-8-5-14(20)11-17(18)19(16)22/h3-8,11H,9-10H2,1-2H3. The smallest absolute Gasteiger partial charge is 0.0727 e. The Kier molecular flexibility index (Phi) is 3.08. The number of pyridine rings is 1. The van der Waals surface area contributed by atoms with Gasteiger partial charge in [0, 0.05) is 28.3 Å². The molecule has 1 aliphatic rings. The van der Waals surface area contributed by atoms with E-state index in [-0.39, 0.29) is 0 Å². The molecule has 4 rings (SSSR count). The van der Waals surface area contributed by atoms with Crippen molar-refractivity contribution in [2.75, 3.05) is 11.4 Å². The number of nitrogens with zero attached hydrogens (tertiary/aromatic N) is 2. The molecule has 2 nitrogen and oxygen atoms in total. The van der Waals surface area contributed by atoms with Crippen molar-refractivity contribution < 1.29 is 0 Å². The van der Waals surface area contributed by atoms with E-state index in [1.807, 2.05) is 18.2 Å². The number of aryl methyl sites for hydroxylation is 2. The molecule has 1 aromatic heterocycles. The van der Waals surface area contributed by atoms with Crippen molar-refractivity contribution in [3.63, 3.8) is 0 Å². The summed E-state index contributed by atoms with van der Waals surface area (Å²) in [5.41, 5.74) is 7.27. The van der Waals surface area contributed by atoms with Gasteiger partial charge in [-0.05, 0) is 56.2 Å². The summed E-state index contributed by atoms with van der Waals surface area (Å²) in [7, 11) is 0. The predicted molar refractivity (Wildman–Crippen MR) is 93.4 cm³/mol. The Morgan fingerprint density at radius 1 is 1.05 bits per heavy atom. The highest BCUT2D eigenvalue weighted by Crippen LogP contribution is 2.41. The SMILES string of the molecule is Cc1ccc(N2CCc3c(C)nc4ccc(Cl)cc4c32)cc1. The van der Waals surface area contributed by atoms with Crippen LogP contribution < -0.4 is 4.90 Å². The molecule has 2 heterocycles. The molecule has 0 fully saturated rings. The molecule has 0 spiro atoms. The van der Waals surface area contributed by atoms with Crippen molar-refractivity contribution in [2.45, 2.75) is 20.3 Å². The average Bonchev–Trinajstić information content (AvgIpc) is 2.95. The van der Waals surface area contributed by atoms with Crippen molar-refractivity contribution >= 4 is 33.9 Å². The number of hydrogen-bond donors (Lipinski definition) is 0. The van der Waals surface area contributed by atoms with E-state index in [4.69, 9.17) is 16.6 Å². The minimum absolute atomic E-state index is 0.760. The molecule has 0 radical (unpaired) electrons. The first-order valence-corrected chi connectivity index (χ1v) is 7.94. The number of anilines is 2. The summed E-state index contributed by atoms with van der Waals surface area (Å²) < 4.78 is 0. The lowest BCUT2D eigenvalue weighted by molar-refractivity contribution is 0.989. The van der Waals surface area contributed by atoms with Crippen LogP contribution in [0.4, 0.5) is 11.4 Å². The third-order valence-electron chi connectivity index (χ3n) is 4.43. The Hall–Kier alpha value is -2.06. The van der Waals surface area contributed by atoms with Crippen LogP contribution in [0.25, 0.3) is 10.9 Å². The van der Waals surface area contributed by atoms with E-state index in [1.165, 1.54) is 22.5 Å². The summed E-state index contributed by atoms with van der Waals surface area (Å²) in [5, 5.41) is 1.90. The minimum atomic E-state index is 0.760. The van der Waals surface area contributed by atoms with Crippen LogP contribution in [-0.2, 0) is 6.42 Å². The molecule has 0 aliphatic carbocycles. The quantitative estimate of drug-likeness (QED) is 0.614. The second-order valence-electron chi connectivity index (χ2n) is 5.92. The summed E-state index contributed by atoms with van der Waals surface area (Å²) in [6.45, 7) is 5.21. The van der Waals surface area contributed by atoms with Gasteiger partial charge >= 0.3 is 0 Å². The van der Waals surface area contributed by atoms with Crippen LogP contribution in [0.2, 0.25) is 5.02 Å². The van der Waals surface area contributed by atoms with Gasteiger partial charge in [0.15, 0.2) is 0 Å². The average molecular weight is 309 g/mol. The highest BCUT2D eigenvalue weighted by Gasteiger charge is 2.25. The van der Waals surface area contributed by atoms with E-state index in [1.54, 1.807) is 0 Å². The molecule has 3 heteroatoms. The molecule has 0 atom stereocenters. The topological polar surface area (TPSA) is 16.1 Å². The van der Waals surface area contributed by atoms with Crippen molar-refractivity contribution in [2.24, 2.45) is 0 Å². The van der Waals surface area contributed by atoms with Crippen LogP contribution in [0.5, 0.6) is 0 Å². The molecule has 0 saturated heterocycles. The first-order chi connectivity index (χ1) is 10.6. The molecule has 3 aromatic rings. The molecular weight excluding hydrogens is 292 g/mol. The van der Waals surface area contributed by atoms with Gasteiger partial charge in [-0.15, -0.1) is 0 Å². The Morgan fingerprint density at radius 2 is 1.82 bits per heavy atom. The largest absolute Gasteiger partial charge is 0.340 e. The molecule has 0 unspecified atom stereocenters. The maximum absolute atomic E-state index is 6.23. The summed E-state index contributed by atoms with van der Waals surface area (Å²) >= 11 is 6.23. The van der Waals surface area contributed by atoms with Gasteiger partial charge in [0.1, 0.15) is 0 Å². The maximum atomic E-state index is 6.23. The Labute approximate surface area is 135 Å². The van der Waals surface area contributed by atoms with Crippen LogP contribution in [-0.4, -0.2) is 11.5 Å². The second kappa shape index (κ2) is 4.99. The number of hydrogen-bond acceptors (Lipinski definition) is 2. The Balaban J connectivity index is 1.97. The molecule has 0 bridgehead atoms. The fraction of sp³-hybridized carbons (Fsp3) is 0.211. The molecular formula is C19H17ClN2. The molecule has 1 aliphatic heterocycles. The van der Waals surface area contributed by atoms with Crippen molar-refractivity contribution in [1.82, 2.24) is 4.98 Å². The van der Waals surface area contributed by atoms with Crippen LogP contribution in [0.3, 0.4) is 0 Å². The van der Waals surface area contributed by atoms with Gasteiger partial charge in [0.05, 0.1) is 11.2 Å². The fourth-order valence-corrected chi connectivity index (χ4v) is 3.48. The maximum Gasteiger partial charge on any atom is 0.0727 e. The first-order valence-electron chi connectivity index (χ1n) is 7.56. The van der Waals surface area contributed by atoms with Gasteiger partial charge in [-0.25, -0.2) is 0 Å². The summed E-state index contributed by atoms with van der Waals surface area (Å²) in [6, 6.07) is 14.7. The van der Waals surface area contributed by atoms with E-state index < -0.39 is 0 Å². The van der Waals surface area contributed by atoms with Gasteiger partial charge in [0.25, 0.3) is 0 Å². The molecule has 0 saturated carbocycles. The first kappa shape index (κ1) is 13.6. The zero-order chi connectivity index (χ0) is 15.3. The number of aromatic nitrogens is 1. The third kappa shape index (κ3) is 2.06. The van der Waals surface area contributed by atoms with Crippen LogP contribution in [0, 0.1) is 13.8 Å². The van der Waals surface area contributed by atoms with Gasteiger partial charge < -0.3 is 4.90 Å². The van der Waals surface area contributed by atoms with Crippen molar-refractivity contribution in [3.05, 3.63) is 64.3 Å². The van der Waals surface area contributed by atoms with Gasteiger partial charge in [-0.3, -0.25) is 4.98 Å². The highest BCUT2D eigenvalue weighted by molar-refractivity contribution is 6.31. The van der Waals surface area contributed by atoms with E-state index in [0.29, 0.717) is 0 Å². The lowest BCUT2D eigenvalue weighted by Gasteiger charge is -2.22. The molecule has 110 valence electrons. The summed E-state index contributed by atoms with van der Waals surface area (Å²) in [5.74, 6) is 0. The number of rotatable bonds is 1. The third-order valence-corrected chi connectivity index (χ3v) is 4.66. The van der Waals surface area contributed by atoms with Crippen LogP contribution in [0.15, 0.2) is 42.5 Å². The molecule has 22 heavy (non-hydrogen) atoms. The summed E-state index contributed by atoms with van der Waals surface area (Å²) in [4.78, 5) is 7.14. The van der Waals surface area contributed by atoms with Crippen molar-refractivity contribution in [3.8, 4) is 0 Å². The molecule has 2 aromatic carbocycles. The zero-order valence-electron chi connectivity index (χ0n) is 12.7. The van der Waals surface area contributed by atoms with Gasteiger partial charge in [0.2, 0.25) is 0 Å². The van der Waals surface area contributed by atoms with Gasteiger partial charge in [-0.1, -0.05) is 29.3 Å². The lowest BCUT2D eigenvalue weighted by Crippen LogP contribution is -2.13. The Morgan fingerprint density at radius 3 is 2.59 bits per heavy atom.